The molecule has 5 heteroatoms. The van der Waals surface area contributed by atoms with Crippen molar-refractivity contribution < 1.29 is 18.7 Å². The van der Waals surface area contributed by atoms with Gasteiger partial charge < -0.3 is 9.64 Å². The third kappa shape index (κ3) is 5.69. The van der Waals surface area contributed by atoms with Gasteiger partial charge in [0.25, 0.3) is 0 Å². The molecule has 4 nitrogen and oxygen atoms in total. The summed E-state index contributed by atoms with van der Waals surface area (Å²) in [5.41, 5.74) is 2.63. The standard InChI is InChI=1S/C21H24FNO3/c1-15-4-5-16(2)19(14-15)20(24)10-11-21(25)23(3)12-13-26-18-8-6-17(22)7-9-18/h4-9,14H,10-13H2,1-3H3. The van der Waals surface area contributed by atoms with Crippen molar-refractivity contribution in [3.05, 3.63) is 65.0 Å². The lowest BCUT2D eigenvalue weighted by molar-refractivity contribution is -0.130. The first-order valence-corrected chi connectivity index (χ1v) is 8.59. The van der Waals surface area contributed by atoms with Gasteiger partial charge in [-0.15, -0.1) is 0 Å². The molecule has 2 aromatic carbocycles. The summed E-state index contributed by atoms with van der Waals surface area (Å²) < 4.78 is 18.3. The van der Waals surface area contributed by atoms with Gasteiger partial charge in [-0.05, 0) is 49.7 Å². The van der Waals surface area contributed by atoms with E-state index in [2.05, 4.69) is 0 Å². The molecule has 0 heterocycles. The summed E-state index contributed by atoms with van der Waals surface area (Å²) in [4.78, 5) is 26.1. The van der Waals surface area contributed by atoms with E-state index in [1.165, 1.54) is 12.1 Å². The Labute approximate surface area is 153 Å². The number of nitrogens with zero attached hydrogens (tertiary/aromatic N) is 1. The molecule has 0 atom stereocenters. The quantitative estimate of drug-likeness (QED) is 0.672. The van der Waals surface area contributed by atoms with E-state index in [1.54, 1.807) is 24.1 Å². The maximum absolute atomic E-state index is 12.8. The van der Waals surface area contributed by atoms with E-state index in [9.17, 15) is 14.0 Å². The van der Waals surface area contributed by atoms with Crippen LogP contribution in [0.2, 0.25) is 0 Å². The van der Waals surface area contributed by atoms with Gasteiger partial charge in [0, 0.05) is 25.5 Å². The van der Waals surface area contributed by atoms with Gasteiger partial charge >= 0.3 is 0 Å². The number of amides is 1. The maximum Gasteiger partial charge on any atom is 0.222 e. The van der Waals surface area contributed by atoms with E-state index in [1.807, 2.05) is 32.0 Å². The van der Waals surface area contributed by atoms with Crippen molar-refractivity contribution in [1.82, 2.24) is 4.90 Å². The van der Waals surface area contributed by atoms with Crippen LogP contribution in [0.15, 0.2) is 42.5 Å². The van der Waals surface area contributed by atoms with E-state index in [4.69, 9.17) is 4.74 Å². The maximum atomic E-state index is 12.8. The molecule has 0 saturated carbocycles. The van der Waals surface area contributed by atoms with Crippen molar-refractivity contribution in [2.75, 3.05) is 20.2 Å². The number of Topliss-reactive ketones (excluding diaryl/α,β-unsaturated/α-hetero) is 1. The highest BCUT2D eigenvalue weighted by molar-refractivity contribution is 5.99. The number of rotatable bonds is 8. The van der Waals surface area contributed by atoms with E-state index in [0.717, 1.165) is 11.1 Å². The molecular weight excluding hydrogens is 333 g/mol. The summed E-state index contributed by atoms with van der Waals surface area (Å²) in [5, 5.41) is 0. The zero-order valence-electron chi connectivity index (χ0n) is 15.4. The topological polar surface area (TPSA) is 46.6 Å². The molecule has 26 heavy (non-hydrogen) atoms. The predicted octanol–water partition coefficient (Wildman–Crippen LogP) is 3.94. The number of aryl methyl sites for hydroxylation is 2. The summed E-state index contributed by atoms with van der Waals surface area (Å²) in [7, 11) is 1.68. The molecule has 0 aliphatic heterocycles. The number of ketones is 1. The largest absolute Gasteiger partial charge is 0.492 e. The van der Waals surface area contributed by atoms with Gasteiger partial charge in [-0.1, -0.05) is 17.7 Å². The van der Waals surface area contributed by atoms with E-state index < -0.39 is 0 Å². The number of benzene rings is 2. The molecule has 2 aromatic rings. The Balaban J connectivity index is 1.77. The Morgan fingerprint density at radius 1 is 1.04 bits per heavy atom. The molecule has 0 bridgehead atoms. The summed E-state index contributed by atoms with van der Waals surface area (Å²) in [6.45, 7) is 4.54. The molecule has 0 N–H and O–H groups in total. The second-order valence-corrected chi connectivity index (χ2v) is 6.36. The summed E-state index contributed by atoms with van der Waals surface area (Å²) in [5.74, 6) is 0.109. The highest BCUT2D eigenvalue weighted by atomic mass is 19.1. The molecule has 1 amide bonds. The van der Waals surface area contributed by atoms with Gasteiger partial charge in [0.15, 0.2) is 5.78 Å². The first kappa shape index (κ1) is 19.6. The number of halogens is 1. The first-order valence-electron chi connectivity index (χ1n) is 8.59. The highest BCUT2D eigenvalue weighted by Gasteiger charge is 2.14. The van der Waals surface area contributed by atoms with Gasteiger partial charge in [-0.2, -0.15) is 0 Å². The minimum atomic E-state index is -0.321. The van der Waals surface area contributed by atoms with Gasteiger partial charge in [-0.3, -0.25) is 9.59 Å². The second kappa shape index (κ2) is 9.13. The van der Waals surface area contributed by atoms with Gasteiger partial charge in [-0.25, -0.2) is 4.39 Å². The number of carbonyl (C=O) groups excluding carboxylic acids is 2. The zero-order chi connectivity index (χ0) is 19.1. The van der Waals surface area contributed by atoms with Crippen molar-refractivity contribution in [3.63, 3.8) is 0 Å². The molecule has 0 fully saturated rings. The minimum absolute atomic E-state index is 0.0180. The van der Waals surface area contributed by atoms with Crippen LogP contribution in [-0.2, 0) is 4.79 Å². The van der Waals surface area contributed by atoms with Gasteiger partial charge in [0.05, 0.1) is 6.54 Å². The lowest BCUT2D eigenvalue weighted by Crippen LogP contribution is -2.31. The van der Waals surface area contributed by atoms with Crippen LogP contribution in [-0.4, -0.2) is 36.8 Å². The predicted molar refractivity (Wildman–Crippen MR) is 99.0 cm³/mol. The fraction of sp³-hybridized carbons (Fsp3) is 0.333. The van der Waals surface area contributed by atoms with Crippen LogP contribution in [0.4, 0.5) is 4.39 Å². The fourth-order valence-electron chi connectivity index (χ4n) is 2.54. The molecule has 0 aromatic heterocycles. The third-order valence-corrected chi connectivity index (χ3v) is 4.19. The Kier molecular flexibility index (Phi) is 6.89. The Morgan fingerprint density at radius 2 is 1.73 bits per heavy atom. The average molecular weight is 357 g/mol. The number of carbonyl (C=O) groups is 2. The summed E-state index contributed by atoms with van der Waals surface area (Å²) >= 11 is 0. The van der Waals surface area contributed by atoms with Crippen molar-refractivity contribution in [2.45, 2.75) is 26.7 Å². The fourth-order valence-corrected chi connectivity index (χ4v) is 2.54. The number of likely N-dealkylation sites (N-methyl/N-ethyl adjacent to an activating group) is 1. The zero-order valence-corrected chi connectivity index (χ0v) is 15.4. The minimum Gasteiger partial charge on any atom is -0.492 e. The average Bonchev–Trinajstić information content (AvgIpc) is 2.62. The van der Waals surface area contributed by atoms with Crippen molar-refractivity contribution in [2.24, 2.45) is 0 Å². The third-order valence-electron chi connectivity index (χ3n) is 4.19. The molecule has 138 valence electrons. The van der Waals surface area contributed by atoms with Crippen LogP contribution in [0, 0.1) is 19.7 Å². The smallest absolute Gasteiger partial charge is 0.222 e. The molecular formula is C21H24FNO3. The SMILES string of the molecule is Cc1ccc(C)c(C(=O)CCC(=O)N(C)CCOc2ccc(F)cc2)c1. The van der Waals surface area contributed by atoms with Crippen LogP contribution >= 0.6 is 0 Å². The van der Waals surface area contributed by atoms with Crippen molar-refractivity contribution in [1.29, 1.82) is 0 Å². The molecule has 2 rings (SSSR count). The Bertz CT molecular complexity index is 771. The van der Waals surface area contributed by atoms with Gasteiger partial charge in [0.1, 0.15) is 18.2 Å². The highest BCUT2D eigenvalue weighted by Crippen LogP contribution is 2.14. The van der Waals surface area contributed by atoms with E-state index in [-0.39, 0.29) is 30.3 Å². The van der Waals surface area contributed by atoms with Crippen LogP contribution < -0.4 is 4.74 Å². The van der Waals surface area contributed by atoms with Crippen LogP contribution in [0.1, 0.15) is 34.3 Å². The Morgan fingerprint density at radius 3 is 2.42 bits per heavy atom. The first-order chi connectivity index (χ1) is 12.4. The second-order valence-electron chi connectivity index (χ2n) is 6.36. The van der Waals surface area contributed by atoms with E-state index in [0.29, 0.717) is 24.5 Å². The number of hydrogen-bond acceptors (Lipinski definition) is 3. The number of hydrogen-bond donors (Lipinski definition) is 0. The van der Waals surface area contributed by atoms with Gasteiger partial charge in [0.2, 0.25) is 5.91 Å². The summed E-state index contributed by atoms with van der Waals surface area (Å²) in [6.07, 6.45) is 0.353. The van der Waals surface area contributed by atoms with Crippen molar-refractivity contribution >= 4 is 11.7 Å². The summed E-state index contributed by atoms with van der Waals surface area (Å²) in [6, 6.07) is 11.5. The normalized spacial score (nSPS) is 10.5. The monoisotopic (exact) mass is 357 g/mol. The van der Waals surface area contributed by atoms with E-state index >= 15 is 0 Å². The molecule has 0 saturated heterocycles. The molecule has 0 spiro atoms. The molecule has 0 aliphatic rings. The molecule has 0 unspecified atom stereocenters. The van der Waals surface area contributed by atoms with Crippen LogP contribution in [0.25, 0.3) is 0 Å². The number of ether oxygens (including phenoxy) is 1. The Hall–Kier alpha value is -2.69. The van der Waals surface area contributed by atoms with Crippen molar-refractivity contribution in [3.8, 4) is 5.75 Å². The lowest BCUT2D eigenvalue weighted by atomic mass is 9.99. The molecule has 0 radical (unpaired) electrons. The van der Waals surface area contributed by atoms with Crippen LogP contribution in [0.5, 0.6) is 5.75 Å². The van der Waals surface area contributed by atoms with Crippen LogP contribution in [0.3, 0.4) is 0 Å². The molecule has 0 aliphatic carbocycles. The lowest BCUT2D eigenvalue weighted by Gasteiger charge is -2.17.